The Balaban J connectivity index is 0.000000289. The highest BCUT2D eigenvalue weighted by Gasteiger charge is 2.05. The SMILES string of the molecule is COC(=O)c1ccc(N=Nc2ccc(O)cc2)cc1.COC(=O)c1ccc(N=Nc2ccc(OCCCCl)cc2)cc1.ClCCCCCCBr. The first-order valence-electron chi connectivity index (χ1n) is 15.7. The van der Waals surface area contributed by atoms with Gasteiger partial charge in [-0.3, -0.25) is 0 Å². The number of phenolic OH excluding ortho intramolecular Hbond substituents is 1. The minimum atomic E-state index is -0.387. The predicted octanol–water partition coefficient (Wildman–Crippen LogP) is 11.7. The summed E-state index contributed by atoms with van der Waals surface area (Å²) in [6.45, 7) is 0.594. The minimum absolute atomic E-state index is 0.182. The van der Waals surface area contributed by atoms with E-state index >= 15 is 0 Å². The average Bonchev–Trinajstić information content (AvgIpc) is 3.16. The Morgan fingerprint density at radius 3 is 1.34 bits per heavy atom. The van der Waals surface area contributed by atoms with Crippen LogP contribution in [-0.4, -0.2) is 55.0 Å². The zero-order valence-corrected chi connectivity index (χ0v) is 31.1. The van der Waals surface area contributed by atoms with E-state index in [1.165, 1.54) is 52.0 Å². The standard InChI is InChI=1S/C17H17ClN2O3.C14H12N2O3.C6H12BrCl/c1-22-17(21)13-3-5-14(6-4-13)19-20-15-7-9-16(10-8-15)23-12-2-11-18;1-19-14(18)10-2-4-11(5-3-10)15-16-12-6-8-13(17)9-7-12;7-5-3-1-2-4-6-8/h3-10H,2,11-12H2,1H3;2-9,17H,1H3;1-6H2. The lowest BCUT2D eigenvalue weighted by Gasteiger charge is -2.04. The van der Waals surface area contributed by atoms with Gasteiger partial charge in [-0.2, -0.15) is 20.5 Å². The summed E-state index contributed by atoms with van der Waals surface area (Å²) in [6.07, 6.45) is 5.88. The Morgan fingerprint density at radius 1 is 0.580 bits per heavy atom. The van der Waals surface area contributed by atoms with Crippen molar-refractivity contribution >= 4 is 73.8 Å². The molecule has 4 rings (SSSR count). The second-order valence-corrected chi connectivity index (χ2v) is 11.7. The number of hydrogen-bond acceptors (Lipinski definition) is 10. The summed E-state index contributed by atoms with van der Waals surface area (Å²) in [6, 6.07) is 27.0. The molecule has 0 amide bonds. The van der Waals surface area contributed by atoms with Crippen molar-refractivity contribution in [1.29, 1.82) is 0 Å². The summed E-state index contributed by atoms with van der Waals surface area (Å²) < 4.78 is 14.7. The predicted molar refractivity (Wildman–Crippen MR) is 202 cm³/mol. The molecule has 0 aliphatic heterocycles. The van der Waals surface area contributed by atoms with Gasteiger partial charge in [0.25, 0.3) is 0 Å². The Bertz CT molecular complexity index is 1580. The van der Waals surface area contributed by atoms with Crippen molar-refractivity contribution in [3.8, 4) is 11.5 Å². The van der Waals surface area contributed by atoms with Crippen molar-refractivity contribution in [2.45, 2.75) is 32.1 Å². The van der Waals surface area contributed by atoms with Crippen LogP contribution in [0.15, 0.2) is 118 Å². The fourth-order valence-electron chi connectivity index (χ4n) is 3.71. The maximum absolute atomic E-state index is 11.3. The van der Waals surface area contributed by atoms with Crippen LogP contribution in [0, 0.1) is 0 Å². The topological polar surface area (TPSA) is 132 Å². The molecule has 0 heterocycles. The van der Waals surface area contributed by atoms with Gasteiger partial charge in [0.1, 0.15) is 11.5 Å². The van der Waals surface area contributed by atoms with Crippen molar-refractivity contribution < 1.29 is 28.9 Å². The number of alkyl halides is 3. The molecule has 0 radical (unpaired) electrons. The van der Waals surface area contributed by atoms with E-state index in [4.69, 9.17) is 33.0 Å². The molecule has 266 valence electrons. The second kappa shape index (κ2) is 25.6. The average molecular weight is 789 g/mol. The van der Waals surface area contributed by atoms with Gasteiger partial charge in [0.2, 0.25) is 0 Å². The van der Waals surface area contributed by atoms with Gasteiger partial charge in [-0.05, 0) is 116 Å². The molecule has 0 aliphatic carbocycles. The van der Waals surface area contributed by atoms with Crippen LogP contribution < -0.4 is 4.74 Å². The largest absolute Gasteiger partial charge is 0.508 e. The van der Waals surface area contributed by atoms with E-state index in [2.05, 4.69) is 45.9 Å². The van der Waals surface area contributed by atoms with Crippen molar-refractivity contribution in [3.63, 3.8) is 0 Å². The summed E-state index contributed by atoms with van der Waals surface area (Å²) >= 11 is 14.4. The molecular formula is C37H41BrCl2N4O6. The van der Waals surface area contributed by atoms with Gasteiger partial charge in [-0.25, -0.2) is 9.59 Å². The summed E-state index contributed by atoms with van der Waals surface area (Å²) in [4.78, 5) is 22.6. The van der Waals surface area contributed by atoms with Crippen LogP contribution >= 0.6 is 39.1 Å². The molecule has 4 aromatic rings. The van der Waals surface area contributed by atoms with Gasteiger partial charge >= 0.3 is 11.9 Å². The minimum Gasteiger partial charge on any atom is -0.508 e. The summed E-state index contributed by atoms with van der Waals surface area (Å²) in [5.74, 6) is 1.60. The molecule has 0 aromatic heterocycles. The van der Waals surface area contributed by atoms with Crippen LogP contribution in [-0.2, 0) is 9.47 Å². The molecule has 0 unspecified atom stereocenters. The lowest BCUT2D eigenvalue weighted by Crippen LogP contribution is -1.99. The molecule has 0 spiro atoms. The summed E-state index contributed by atoms with van der Waals surface area (Å²) in [7, 11) is 2.68. The number of esters is 2. The van der Waals surface area contributed by atoms with Crippen LogP contribution in [0.1, 0.15) is 52.8 Å². The number of methoxy groups -OCH3 is 2. The third-order valence-corrected chi connectivity index (χ3v) is 7.48. The molecule has 13 heteroatoms. The van der Waals surface area contributed by atoms with Gasteiger partial charge in [0.15, 0.2) is 0 Å². The van der Waals surface area contributed by atoms with Crippen LogP contribution in [0.25, 0.3) is 0 Å². The molecule has 0 saturated heterocycles. The lowest BCUT2D eigenvalue weighted by molar-refractivity contribution is 0.0592. The fraction of sp³-hybridized carbons (Fsp3) is 0.297. The monoisotopic (exact) mass is 786 g/mol. The number of benzene rings is 4. The number of rotatable bonds is 15. The smallest absolute Gasteiger partial charge is 0.337 e. The van der Waals surface area contributed by atoms with Gasteiger partial charge in [0.05, 0.1) is 54.7 Å². The number of azo groups is 2. The quantitative estimate of drug-likeness (QED) is 0.0552. The molecule has 0 fully saturated rings. The lowest BCUT2D eigenvalue weighted by atomic mass is 10.2. The first kappa shape index (κ1) is 41.8. The molecule has 0 bridgehead atoms. The maximum atomic E-state index is 11.3. The molecule has 0 atom stereocenters. The number of carbonyl (C=O) groups excluding carboxylic acids is 2. The highest BCUT2D eigenvalue weighted by atomic mass is 79.9. The zero-order valence-electron chi connectivity index (χ0n) is 28.0. The number of phenols is 1. The Kier molecular flexibility index (Phi) is 21.4. The first-order chi connectivity index (χ1) is 24.3. The van der Waals surface area contributed by atoms with E-state index in [0.717, 1.165) is 23.4 Å². The number of aromatic hydroxyl groups is 1. The Labute approximate surface area is 311 Å². The highest BCUT2D eigenvalue weighted by molar-refractivity contribution is 9.09. The van der Waals surface area contributed by atoms with Crippen LogP contribution in [0.5, 0.6) is 11.5 Å². The number of carbonyl (C=O) groups is 2. The fourth-order valence-corrected chi connectivity index (χ4v) is 4.41. The Hall–Kier alpha value is -4.32. The van der Waals surface area contributed by atoms with Crippen molar-refractivity contribution in [2.24, 2.45) is 20.5 Å². The van der Waals surface area contributed by atoms with Crippen molar-refractivity contribution in [3.05, 3.63) is 108 Å². The molecule has 4 aromatic carbocycles. The van der Waals surface area contributed by atoms with Crippen molar-refractivity contribution in [1.82, 2.24) is 0 Å². The number of unbranched alkanes of at least 4 members (excludes halogenated alkanes) is 3. The van der Waals surface area contributed by atoms with E-state index < -0.39 is 0 Å². The van der Waals surface area contributed by atoms with Crippen molar-refractivity contribution in [2.75, 3.05) is 37.9 Å². The zero-order chi connectivity index (χ0) is 36.4. The second-order valence-electron chi connectivity index (χ2n) is 10.2. The van der Waals surface area contributed by atoms with Gasteiger partial charge in [-0.15, -0.1) is 23.2 Å². The molecule has 1 N–H and O–H groups in total. The number of halogens is 3. The number of ether oxygens (including phenoxy) is 3. The highest BCUT2D eigenvalue weighted by Crippen LogP contribution is 2.23. The van der Waals surface area contributed by atoms with Crippen LogP contribution in [0.4, 0.5) is 22.7 Å². The maximum Gasteiger partial charge on any atom is 0.337 e. The molecule has 50 heavy (non-hydrogen) atoms. The summed E-state index contributed by atoms with van der Waals surface area (Å²) in [5.41, 5.74) is 3.57. The number of hydrogen-bond donors (Lipinski definition) is 1. The van der Waals surface area contributed by atoms with E-state index in [1.807, 2.05) is 24.3 Å². The molecule has 0 saturated carbocycles. The Morgan fingerprint density at radius 2 is 0.960 bits per heavy atom. The molecule has 10 nitrogen and oxygen atoms in total. The van der Waals surface area contributed by atoms with Crippen LogP contribution in [0.2, 0.25) is 0 Å². The van der Waals surface area contributed by atoms with Gasteiger partial charge in [-0.1, -0.05) is 28.8 Å². The van der Waals surface area contributed by atoms with E-state index in [0.29, 0.717) is 46.4 Å². The van der Waals surface area contributed by atoms with Gasteiger partial charge < -0.3 is 19.3 Å². The number of nitrogens with zero attached hydrogens (tertiary/aromatic N) is 4. The van der Waals surface area contributed by atoms with E-state index in [9.17, 15) is 9.59 Å². The summed E-state index contributed by atoms with van der Waals surface area (Å²) in [5, 5.41) is 26.6. The third kappa shape index (κ3) is 17.4. The third-order valence-electron chi connectivity index (χ3n) is 6.39. The van der Waals surface area contributed by atoms with Crippen LogP contribution in [0.3, 0.4) is 0 Å². The first-order valence-corrected chi connectivity index (χ1v) is 17.9. The van der Waals surface area contributed by atoms with E-state index in [-0.39, 0.29) is 17.7 Å². The normalized spacial score (nSPS) is 10.5. The molecular weight excluding hydrogens is 747 g/mol. The van der Waals surface area contributed by atoms with E-state index in [1.54, 1.807) is 60.7 Å². The van der Waals surface area contributed by atoms with Gasteiger partial charge in [0, 0.05) is 17.1 Å². The molecule has 0 aliphatic rings.